The van der Waals surface area contributed by atoms with Crippen molar-refractivity contribution in [3.63, 3.8) is 0 Å². The van der Waals surface area contributed by atoms with Gasteiger partial charge in [-0.15, -0.1) is 24.5 Å². The maximum Gasteiger partial charge on any atom is 0.493 e. The molecular formula is H3ClO4P2S3. The van der Waals surface area contributed by atoms with Gasteiger partial charge < -0.3 is 4.89 Å². The van der Waals surface area contributed by atoms with Crippen molar-refractivity contribution in [2.75, 3.05) is 0 Å². The van der Waals surface area contributed by atoms with E-state index in [0.29, 0.717) is 0 Å². The van der Waals surface area contributed by atoms with Gasteiger partial charge in [0.1, 0.15) is 0 Å². The molecule has 0 radical (unpaired) electrons. The zero-order valence-electron chi connectivity index (χ0n) is 4.25. The summed E-state index contributed by atoms with van der Waals surface area (Å²) in [6.45, 7) is 0. The summed E-state index contributed by atoms with van der Waals surface area (Å²) in [6.07, 6.45) is 0. The van der Waals surface area contributed by atoms with E-state index in [0.717, 1.165) is 0 Å². The van der Waals surface area contributed by atoms with Crippen LogP contribution >= 0.6 is 48.9 Å². The summed E-state index contributed by atoms with van der Waals surface area (Å²) in [6, 6.07) is 0. The molecule has 0 rings (SSSR count). The van der Waals surface area contributed by atoms with E-state index in [4.69, 9.17) is 4.89 Å². The van der Waals surface area contributed by atoms with Crippen LogP contribution in [0.3, 0.4) is 0 Å². The Bertz CT molecular complexity index is 197. The second-order valence-corrected chi connectivity index (χ2v) is 11.7. The average Bonchev–Trinajstić information content (AvgIpc) is 1.60. The molecule has 0 saturated carbocycles. The summed E-state index contributed by atoms with van der Waals surface area (Å²) in [4.78, 5) is 8.50. The quantitative estimate of drug-likeness (QED) is 0.537. The van der Waals surface area contributed by atoms with Crippen LogP contribution in [0.4, 0.5) is 0 Å². The smallest absolute Gasteiger partial charge is 0.301 e. The summed E-state index contributed by atoms with van der Waals surface area (Å²) in [7, 11) is -4.24. The molecule has 0 aromatic carbocycles. The minimum absolute atomic E-state index is 2.80. The molecule has 10 heteroatoms. The number of thiol groups is 2. The first-order valence-electron chi connectivity index (χ1n) is 1.67. The first-order chi connectivity index (χ1) is 4.27. The van der Waals surface area contributed by atoms with Gasteiger partial charge in [0.25, 0.3) is 0 Å². The molecule has 10 heavy (non-hydrogen) atoms. The van der Waals surface area contributed by atoms with E-state index in [1.807, 2.05) is 0 Å². The third kappa shape index (κ3) is 6.46. The summed E-state index contributed by atoms with van der Waals surface area (Å²) < 4.78 is 15.4. The maximum absolute atomic E-state index is 10.4. The first-order valence-corrected chi connectivity index (χ1v) is 8.50. The van der Waals surface area contributed by atoms with E-state index in [1.165, 1.54) is 0 Å². The van der Waals surface area contributed by atoms with Crippen LogP contribution in [0.1, 0.15) is 0 Å². The second kappa shape index (κ2) is 4.12. The van der Waals surface area contributed by atoms with E-state index in [1.54, 1.807) is 0 Å². The van der Waals surface area contributed by atoms with Crippen molar-refractivity contribution >= 4 is 60.7 Å². The van der Waals surface area contributed by atoms with Gasteiger partial charge in [-0.05, 0) is 11.8 Å². The van der Waals surface area contributed by atoms with E-state index in [2.05, 4.69) is 56.6 Å². The van der Waals surface area contributed by atoms with Crippen LogP contribution in [0.2, 0.25) is 0 Å². The maximum atomic E-state index is 10.4. The number of hydrogen-bond donors (Lipinski definition) is 3. The average molecular weight is 261 g/mol. The number of phosphoric acid groups is 1. The number of hydrogen-bond acceptors (Lipinski definition) is 4. The zero-order valence-corrected chi connectivity index (χ0v) is 9.40. The molecule has 0 aromatic heterocycles. The summed E-state index contributed by atoms with van der Waals surface area (Å²) in [5.41, 5.74) is 0. The fourth-order valence-electron chi connectivity index (χ4n) is 0.147. The Kier molecular flexibility index (Phi) is 4.84. The SMILES string of the molecule is O=P(O)(OCl)OP(=S)(S)S. The fraction of sp³-hybridized carbons (Fsp3) is 0. The van der Waals surface area contributed by atoms with Crippen molar-refractivity contribution in [1.29, 1.82) is 0 Å². The van der Waals surface area contributed by atoms with Crippen LogP contribution in [-0.4, -0.2) is 4.89 Å². The Morgan fingerprint density at radius 2 is 2.00 bits per heavy atom. The summed E-state index contributed by atoms with van der Waals surface area (Å²) in [5, 5.41) is 0. The van der Waals surface area contributed by atoms with Crippen LogP contribution in [0.5, 0.6) is 0 Å². The highest BCUT2D eigenvalue weighted by Crippen LogP contribution is 2.68. The molecule has 4 nitrogen and oxygen atoms in total. The summed E-state index contributed by atoms with van der Waals surface area (Å²) in [5.74, 6) is 0. The van der Waals surface area contributed by atoms with E-state index in [-0.39, 0.29) is 0 Å². The van der Waals surface area contributed by atoms with Gasteiger partial charge in [-0.2, -0.15) is 4.08 Å². The molecule has 1 atom stereocenters. The Balaban J connectivity index is 4.17. The Labute approximate surface area is 78.4 Å². The standard InChI is InChI=1S/ClH3O4P2S3/c1-4-6(2,3)5-7(8,9)10/h(H,2,3)(H2,8,9,10). The molecular weight excluding hydrogens is 258 g/mol. The molecule has 0 amide bonds. The lowest BCUT2D eigenvalue weighted by Crippen LogP contribution is -1.79. The molecule has 0 spiro atoms. The summed E-state index contributed by atoms with van der Waals surface area (Å²) >= 11 is 16.2. The van der Waals surface area contributed by atoms with Gasteiger partial charge in [-0.1, -0.05) is 0 Å². The third-order valence-corrected chi connectivity index (χ3v) is 4.59. The third-order valence-electron chi connectivity index (χ3n) is 0.297. The van der Waals surface area contributed by atoms with Crippen LogP contribution < -0.4 is 0 Å². The van der Waals surface area contributed by atoms with Crippen molar-refractivity contribution in [3.05, 3.63) is 0 Å². The molecule has 0 saturated heterocycles. The molecule has 0 aromatic rings. The minimum Gasteiger partial charge on any atom is -0.301 e. The Morgan fingerprint density at radius 1 is 1.60 bits per heavy atom. The number of rotatable bonds is 3. The predicted octanol–water partition coefficient (Wildman–Crippen LogP) is 2.36. The largest absolute Gasteiger partial charge is 0.493 e. The van der Waals surface area contributed by atoms with Gasteiger partial charge in [0.2, 0.25) is 0 Å². The molecule has 0 heterocycles. The van der Waals surface area contributed by atoms with Crippen molar-refractivity contribution in [2.45, 2.75) is 0 Å². The van der Waals surface area contributed by atoms with Gasteiger partial charge in [-0.25, -0.2) is 8.88 Å². The lowest BCUT2D eigenvalue weighted by Gasteiger charge is -2.10. The van der Waals surface area contributed by atoms with Gasteiger partial charge >= 0.3 is 7.82 Å². The predicted molar refractivity (Wildman–Crippen MR) is 50.1 cm³/mol. The lowest BCUT2D eigenvalue weighted by molar-refractivity contribution is 0.315. The van der Waals surface area contributed by atoms with Crippen LogP contribution in [0, 0.1) is 0 Å². The number of halogens is 1. The Hall–Kier alpha value is 1.75. The van der Waals surface area contributed by atoms with Gasteiger partial charge in [0.05, 0.1) is 11.9 Å². The second-order valence-electron chi connectivity index (χ2n) is 1.11. The monoisotopic (exact) mass is 260 g/mol. The highest BCUT2D eigenvalue weighted by molar-refractivity contribution is 8.91. The molecule has 0 aliphatic carbocycles. The topological polar surface area (TPSA) is 55.8 Å². The molecule has 0 aliphatic heterocycles. The van der Waals surface area contributed by atoms with E-state index >= 15 is 0 Å². The van der Waals surface area contributed by atoms with Crippen molar-refractivity contribution in [1.82, 2.24) is 0 Å². The molecule has 0 fully saturated rings. The van der Waals surface area contributed by atoms with Crippen LogP contribution in [-0.2, 0) is 24.8 Å². The zero-order chi connectivity index (χ0) is 8.41. The van der Waals surface area contributed by atoms with Gasteiger partial charge in [0, 0.05) is 0 Å². The van der Waals surface area contributed by atoms with Crippen molar-refractivity contribution in [3.8, 4) is 0 Å². The highest BCUT2D eigenvalue weighted by atomic mass is 35.5. The fourth-order valence-corrected chi connectivity index (χ4v) is 3.97. The van der Waals surface area contributed by atoms with Gasteiger partial charge in [-0.3, -0.25) is 0 Å². The Morgan fingerprint density at radius 3 is 2.10 bits per heavy atom. The van der Waals surface area contributed by atoms with E-state index < -0.39 is 12.5 Å². The van der Waals surface area contributed by atoms with Crippen LogP contribution in [0.25, 0.3) is 0 Å². The van der Waals surface area contributed by atoms with Gasteiger partial charge in [0.15, 0.2) is 4.67 Å². The molecule has 62 valence electrons. The normalized spacial score (nSPS) is 18.4. The first kappa shape index (κ1) is 11.8. The van der Waals surface area contributed by atoms with Crippen molar-refractivity contribution in [2.24, 2.45) is 0 Å². The minimum atomic E-state index is -4.24. The van der Waals surface area contributed by atoms with E-state index in [9.17, 15) is 4.57 Å². The van der Waals surface area contributed by atoms with Crippen LogP contribution in [0.15, 0.2) is 0 Å². The molecule has 1 unspecified atom stereocenters. The molecule has 0 bridgehead atoms. The lowest BCUT2D eigenvalue weighted by atomic mass is 15.7. The highest BCUT2D eigenvalue weighted by Gasteiger charge is 2.26. The van der Waals surface area contributed by atoms with Crippen molar-refractivity contribution < 1.29 is 17.8 Å². The molecule has 1 N–H and O–H groups in total. The molecule has 0 aliphatic rings.